The molecule has 0 heterocycles. The monoisotopic (exact) mass is 487 g/mol. The van der Waals surface area contributed by atoms with Gasteiger partial charge >= 0.3 is 0 Å². The molecule has 2 rings (SSSR count). The number of nitrogens with one attached hydrogen (secondary N) is 3. The smallest absolute Gasteiger partial charge is 0.242 e. The highest BCUT2D eigenvalue weighted by molar-refractivity contribution is 5.90. The first kappa shape index (κ1) is 28.7. The molecule has 7 nitrogen and oxygen atoms in total. The van der Waals surface area contributed by atoms with Crippen LogP contribution in [0.2, 0.25) is 0 Å². The fourth-order valence-corrected chi connectivity index (χ4v) is 4.57. The maximum Gasteiger partial charge on any atom is 0.242 e. The summed E-state index contributed by atoms with van der Waals surface area (Å²) < 4.78 is 5.91. The van der Waals surface area contributed by atoms with Crippen molar-refractivity contribution in [2.75, 3.05) is 13.2 Å². The van der Waals surface area contributed by atoms with Gasteiger partial charge in [-0.15, -0.1) is 0 Å². The molecule has 0 spiro atoms. The van der Waals surface area contributed by atoms with Crippen LogP contribution in [-0.4, -0.2) is 43.0 Å². The fraction of sp³-hybridized carbons (Fsp3) is 0.679. The van der Waals surface area contributed by atoms with Gasteiger partial charge in [0.15, 0.2) is 0 Å². The Morgan fingerprint density at radius 2 is 1.69 bits per heavy atom. The van der Waals surface area contributed by atoms with Gasteiger partial charge in [-0.1, -0.05) is 64.5 Å². The summed E-state index contributed by atoms with van der Waals surface area (Å²) >= 11 is 0. The number of rotatable bonds is 15. The van der Waals surface area contributed by atoms with Crippen LogP contribution in [0.4, 0.5) is 0 Å². The lowest BCUT2D eigenvalue weighted by Gasteiger charge is -2.21. The van der Waals surface area contributed by atoms with Crippen LogP contribution in [0.15, 0.2) is 24.3 Å². The van der Waals surface area contributed by atoms with E-state index in [1.54, 1.807) is 6.92 Å². The topological polar surface area (TPSA) is 96.5 Å². The molecule has 2 unspecified atom stereocenters. The van der Waals surface area contributed by atoms with E-state index in [4.69, 9.17) is 4.74 Å². The SMILES string of the molecule is CCC(=O)NCC(=O)NC(CC)C(=O)NC(C)Cc1ccc(OCCCCC2CCCCC2)cc1. The average molecular weight is 488 g/mol. The van der Waals surface area contributed by atoms with Crippen LogP contribution in [0.3, 0.4) is 0 Å². The Morgan fingerprint density at radius 3 is 2.34 bits per heavy atom. The van der Waals surface area contributed by atoms with Crippen molar-refractivity contribution in [1.29, 1.82) is 0 Å². The van der Waals surface area contributed by atoms with E-state index in [1.807, 2.05) is 38.1 Å². The van der Waals surface area contributed by atoms with Gasteiger partial charge in [0.25, 0.3) is 0 Å². The van der Waals surface area contributed by atoms with Crippen molar-refractivity contribution in [2.24, 2.45) is 5.92 Å². The second-order valence-electron chi connectivity index (χ2n) is 9.76. The number of hydrogen-bond acceptors (Lipinski definition) is 4. The molecule has 0 bridgehead atoms. The number of amides is 3. The predicted molar refractivity (Wildman–Crippen MR) is 139 cm³/mol. The van der Waals surface area contributed by atoms with Crippen molar-refractivity contribution in [3.8, 4) is 5.75 Å². The normalized spacial score (nSPS) is 15.6. The quantitative estimate of drug-likeness (QED) is 0.322. The highest BCUT2D eigenvalue weighted by Gasteiger charge is 2.20. The molecule has 35 heavy (non-hydrogen) atoms. The second kappa shape index (κ2) is 16.2. The van der Waals surface area contributed by atoms with Crippen molar-refractivity contribution in [3.63, 3.8) is 0 Å². The summed E-state index contributed by atoms with van der Waals surface area (Å²) in [6.45, 7) is 6.14. The molecule has 2 atom stereocenters. The summed E-state index contributed by atoms with van der Waals surface area (Å²) in [6, 6.07) is 7.34. The predicted octanol–water partition coefficient (Wildman–Crippen LogP) is 4.28. The summed E-state index contributed by atoms with van der Waals surface area (Å²) in [5.74, 6) is 1.03. The first-order valence-electron chi connectivity index (χ1n) is 13.5. The number of hydrogen-bond donors (Lipinski definition) is 3. The molecule has 0 saturated heterocycles. The van der Waals surface area contributed by atoms with E-state index in [0.717, 1.165) is 30.3 Å². The fourth-order valence-electron chi connectivity index (χ4n) is 4.57. The van der Waals surface area contributed by atoms with E-state index in [-0.39, 0.29) is 30.3 Å². The molecule has 196 valence electrons. The van der Waals surface area contributed by atoms with Gasteiger partial charge < -0.3 is 20.7 Å². The number of carbonyl (C=O) groups excluding carboxylic acids is 3. The van der Waals surface area contributed by atoms with Crippen LogP contribution in [0, 0.1) is 5.92 Å². The summed E-state index contributed by atoms with van der Waals surface area (Å²) in [5, 5.41) is 8.18. The van der Waals surface area contributed by atoms with Gasteiger partial charge in [-0.25, -0.2) is 0 Å². The van der Waals surface area contributed by atoms with Crippen molar-refractivity contribution in [3.05, 3.63) is 29.8 Å². The van der Waals surface area contributed by atoms with Gasteiger partial charge in [0.1, 0.15) is 11.8 Å². The van der Waals surface area contributed by atoms with Gasteiger partial charge in [-0.05, 0) is 56.2 Å². The van der Waals surface area contributed by atoms with E-state index in [0.29, 0.717) is 19.3 Å². The minimum atomic E-state index is -0.627. The van der Waals surface area contributed by atoms with E-state index in [9.17, 15) is 14.4 Å². The van der Waals surface area contributed by atoms with Gasteiger partial charge in [0, 0.05) is 12.5 Å². The maximum absolute atomic E-state index is 12.6. The van der Waals surface area contributed by atoms with Crippen molar-refractivity contribution >= 4 is 17.7 Å². The van der Waals surface area contributed by atoms with Crippen LogP contribution in [-0.2, 0) is 20.8 Å². The Kier molecular flexibility index (Phi) is 13.2. The third kappa shape index (κ3) is 11.6. The summed E-state index contributed by atoms with van der Waals surface area (Å²) in [4.78, 5) is 35.9. The third-order valence-electron chi connectivity index (χ3n) is 6.68. The van der Waals surface area contributed by atoms with Gasteiger partial charge in [-0.3, -0.25) is 14.4 Å². The molecule has 1 fully saturated rings. The Bertz CT molecular complexity index is 775. The molecule has 1 aliphatic rings. The molecule has 7 heteroatoms. The molecule has 1 saturated carbocycles. The Balaban J connectivity index is 1.66. The molecule has 1 aromatic carbocycles. The van der Waals surface area contributed by atoms with E-state index in [2.05, 4.69) is 16.0 Å². The van der Waals surface area contributed by atoms with Crippen LogP contribution in [0.1, 0.15) is 90.5 Å². The van der Waals surface area contributed by atoms with Crippen LogP contribution in [0.5, 0.6) is 5.75 Å². The maximum atomic E-state index is 12.6. The molecular weight excluding hydrogens is 442 g/mol. The molecule has 1 aromatic rings. The minimum Gasteiger partial charge on any atom is -0.494 e. The number of carbonyl (C=O) groups is 3. The zero-order chi connectivity index (χ0) is 25.5. The first-order chi connectivity index (χ1) is 16.9. The first-order valence-corrected chi connectivity index (χ1v) is 13.5. The summed E-state index contributed by atoms with van der Waals surface area (Å²) in [5.41, 5.74) is 1.11. The standard InChI is InChI=1S/C28H45N3O4/c1-4-25(31-27(33)20-29-26(32)5-2)28(34)30-21(3)19-23-14-16-24(17-15-23)35-18-10-9-13-22-11-7-6-8-12-22/h14-17,21-22,25H,4-13,18-20H2,1-3H3,(H,29,32)(H,30,34)(H,31,33). The molecular formula is C28H45N3O4. The molecule has 1 aliphatic carbocycles. The highest BCUT2D eigenvalue weighted by atomic mass is 16.5. The van der Waals surface area contributed by atoms with Gasteiger partial charge in [0.2, 0.25) is 17.7 Å². The number of benzene rings is 1. The Labute approximate surface area is 211 Å². The Hall–Kier alpha value is -2.57. The molecule has 0 aromatic heterocycles. The van der Waals surface area contributed by atoms with Crippen LogP contribution in [0.25, 0.3) is 0 Å². The van der Waals surface area contributed by atoms with E-state index >= 15 is 0 Å². The molecule has 0 radical (unpaired) electrons. The summed E-state index contributed by atoms with van der Waals surface area (Å²) in [7, 11) is 0. The molecule has 3 amide bonds. The van der Waals surface area contributed by atoms with Crippen LogP contribution < -0.4 is 20.7 Å². The third-order valence-corrected chi connectivity index (χ3v) is 6.68. The van der Waals surface area contributed by atoms with Crippen molar-refractivity contribution in [2.45, 2.75) is 103 Å². The average Bonchev–Trinajstić information content (AvgIpc) is 2.87. The molecule has 3 N–H and O–H groups in total. The molecule has 0 aliphatic heterocycles. The largest absolute Gasteiger partial charge is 0.494 e. The lowest BCUT2D eigenvalue weighted by Crippen LogP contribution is -2.51. The van der Waals surface area contributed by atoms with Crippen molar-refractivity contribution in [1.82, 2.24) is 16.0 Å². The van der Waals surface area contributed by atoms with Crippen LogP contribution >= 0.6 is 0 Å². The lowest BCUT2D eigenvalue weighted by atomic mass is 9.86. The second-order valence-corrected chi connectivity index (χ2v) is 9.76. The number of unbranched alkanes of at least 4 members (excludes halogenated alkanes) is 1. The summed E-state index contributed by atoms with van der Waals surface area (Å²) in [6.07, 6.45) is 12.2. The highest BCUT2D eigenvalue weighted by Crippen LogP contribution is 2.27. The zero-order valence-electron chi connectivity index (χ0n) is 21.9. The lowest BCUT2D eigenvalue weighted by molar-refractivity contribution is -0.130. The minimum absolute atomic E-state index is 0.0835. The van der Waals surface area contributed by atoms with Crippen molar-refractivity contribution < 1.29 is 19.1 Å². The number of ether oxygens (including phenoxy) is 1. The van der Waals surface area contributed by atoms with E-state index in [1.165, 1.54) is 44.9 Å². The Morgan fingerprint density at radius 1 is 0.971 bits per heavy atom. The van der Waals surface area contributed by atoms with Gasteiger partial charge in [0.05, 0.1) is 13.2 Å². The van der Waals surface area contributed by atoms with Gasteiger partial charge in [-0.2, -0.15) is 0 Å². The zero-order valence-corrected chi connectivity index (χ0v) is 21.9. The van der Waals surface area contributed by atoms with E-state index < -0.39 is 6.04 Å².